The Morgan fingerprint density at radius 2 is 1.95 bits per heavy atom. The lowest BCUT2D eigenvalue weighted by molar-refractivity contribution is -0.138. The minimum Gasteiger partial charge on any atom is -0.481 e. The fourth-order valence-corrected chi connectivity index (χ4v) is 2.50. The Kier molecular flexibility index (Phi) is 4.85. The zero-order chi connectivity index (χ0) is 15.4. The second-order valence-corrected chi connectivity index (χ2v) is 5.19. The molecule has 1 aliphatic heterocycles. The highest BCUT2D eigenvalue weighted by Crippen LogP contribution is 2.19. The molecule has 0 aliphatic carbocycles. The molecule has 2 rings (SSSR count). The summed E-state index contributed by atoms with van der Waals surface area (Å²) in [6.07, 6.45) is 0.821. The van der Waals surface area contributed by atoms with Gasteiger partial charge in [-0.3, -0.25) is 14.5 Å². The van der Waals surface area contributed by atoms with E-state index in [2.05, 4.69) is 5.32 Å². The van der Waals surface area contributed by atoms with E-state index in [0.29, 0.717) is 13.1 Å². The minimum absolute atomic E-state index is 0.0434. The fraction of sp³-hybridized carbons (Fsp3) is 0.429. The van der Waals surface area contributed by atoms with Crippen LogP contribution >= 0.6 is 0 Å². The molecule has 1 unspecified atom stereocenters. The number of benzene rings is 1. The molecule has 1 saturated heterocycles. The molecule has 1 heterocycles. The standard InChI is InChI=1S/C14H16F2N2O3/c15-10-4-11(16)6-12(5-10)17-13(19)8-18-2-1-9(7-18)3-14(20)21/h4-6,9H,1-3,7-8H2,(H,17,19)(H,20,21). The smallest absolute Gasteiger partial charge is 0.303 e. The summed E-state index contributed by atoms with van der Waals surface area (Å²) in [7, 11) is 0. The zero-order valence-corrected chi connectivity index (χ0v) is 11.3. The van der Waals surface area contributed by atoms with Crippen molar-refractivity contribution in [3.05, 3.63) is 29.8 Å². The van der Waals surface area contributed by atoms with Crippen LogP contribution in [0.4, 0.5) is 14.5 Å². The van der Waals surface area contributed by atoms with Gasteiger partial charge in [-0.1, -0.05) is 0 Å². The van der Waals surface area contributed by atoms with Gasteiger partial charge in [-0.15, -0.1) is 0 Å². The Balaban J connectivity index is 1.84. The van der Waals surface area contributed by atoms with Crippen LogP contribution in [0.15, 0.2) is 18.2 Å². The van der Waals surface area contributed by atoms with Crippen LogP contribution in [-0.2, 0) is 9.59 Å². The number of carbonyl (C=O) groups is 2. The highest BCUT2D eigenvalue weighted by Gasteiger charge is 2.25. The zero-order valence-electron chi connectivity index (χ0n) is 11.3. The average Bonchev–Trinajstić information content (AvgIpc) is 2.73. The van der Waals surface area contributed by atoms with E-state index in [0.717, 1.165) is 24.6 Å². The average molecular weight is 298 g/mol. The van der Waals surface area contributed by atoms with Gasteiger partial charge in [-0.05, 0) is 31.0 Å². The summed E-state index contributed by atoms with van der Waals surface area (Å²) in [6.45, 7) is 1.26. The van der Waals surface area contributed by atoms with Crippen LogP contribution in [0, 0.1) is 17.6 Å². The van der Waals surface area contributed by atoms with Crippen LogP contribution in [0.25, 0.3) is 0 Å². The number of halogens is 2. The number of carboxylic acid groups (broad SMARTS) is 1. The summed E-state index contributed by atoms with van der Waals surface area (Å²) in [4.78, 5) is 24.3. The normalized spacial score (nSPS) is 18.7. The number of nitrogens with zero attached hydrogens (tertiary/aromatic N) is 1. The van der Waals surface area contributed by atoms with E-state index < -0.39 is 17.6 Å². The van der Waals surface area contributed by atoms with Crippen molar-refractivity contribution in [2.45, 2.75) is 12.8 Å². The van der Waals surface area contributed by atoms with E-state index in [1.165, 1.54) is 0 Å². The molecule has 1 aromatic rings. The van der Waals surface area contributed by atoms with E-state index in [-0.39, 0.29) is 30.5 Å². The third kappa shape index (κ3) is 4.78. The molecule has 7 heteroatoms. The Morgan fingerprint density at radius 1 is 1.29 bits per heavy atom. The van der Waals surface area contributed by atoms with E-state index in [4.69, 9.17) is 5.11 Å². The first-order valence-electron chi connectivity index (χ1n) is 6.62. The third-order valence-corrected chi connectivity index (χ3v) is 3.35. The Morgan fingerprint density at radius 3 is 2.57 bits per heavy atom. The number of hydrogen-bond donors (Lipinski definition) is 2. The van der Waals surface area contributed by atoms with Crippen molar-refractivity contribution in [1.82, 2.24) is 4.90 Å². The number of carbonyl (C=O) groups excluding carboxylic acids is 1. The number of rotatable bonds is 5. The number of hydrogen-bond acceptors (Lipinski definition) is 3. The Hall–Kier alpha value is -2.02. The van der Waals surface area contributed by atoms with Gasteiger partial charge >= 0.3 is 5.97 Å². The van der Waals surface area contributed by atoms with Crippen molar-refractivity contribution in [3.63, 3.8) is 0 Å². The van der Waals surface area contributed by atoms with Crippen LogP contribution in [0.1, 0.15) is 12.8 Å². The van der Waals surface area contributed by atoms with Crippen LogP contribution in [0.3, 0.4) is 0 Å². The van der Waals surface area contributed by atoms with Gasteiger partial charge in [0.25, 0.3) is 0 Å². The molecule has 0 aromatic heterocycles. The number of anilines is 1. The first kappa shape index (κ1) is 15.4. The predicted octanol–water partition coefficient (Wildman–Crippen LogP) is 1.70. The van der Waals surface area contributed by atoms with Crippen molar-refractivity contribution >= 4 is 17.6 Å². The van der Waals surface area contributed by atoms with Gasteiger partial charge in [0.05, 0.1) is 6.54 Å². The minimum atomic E-state index is -0.846. The first-order valence-corrected chi connectivity index (χ1v) is 6.62. The second-order valence-electron chi connectivity index (χ2n) is 5.19. The topological polar surface area (TPSA) is 69.6 Å². The molecule has 5 nitrogen and oxygen atoms in total. The second kappa shape index (κ2) is 6.62. The highest BCUT2D eigenvalue weighted by molar-refractivity contribution is 5.92. The van der Waals surface area contributed by atoms with Crippen LogP contribution in [-0.4, -0.2) is 41.5 Å². The maximum Gasteiger partial charge on any atom is 0.303 e. The molecule has 1 amide bonds. The van der Waals surface area contributed by atoms with Gasteiger partial charge in [-0.25, -0.2) is 8.78 Å². The number of likely N-dealkylation sites (tertiary alicyclic amines) is 1. The van der Waals surface area contributed by atoms with Crippen molar-refractivity contribution in [1.29, 1.82) is 0 Å². The lowest BCUT2D eigenvalue weighted by Crippen LogP contribution is -2.31. The molecule has 0 spiro atoms. The van der Waals surface area contributed by atoms with Gasteiger partial charge < -0.3 is 10.4 Å². The fourth-order valence-electron chi connectivity index (χ4n) is 2.50. The molecule has 1 aliphatic rings. The quantitative estimate of drug-likeness (QED) is 0.868. The molecule has 0 radical (unpaired) electrons. The van der Waals surface area contributed by atoms with Gasteiger partial charge in [0.15, 0.2) is 0 Å². The summed E-state index contributed by atoms with van der Waals surface area (Å²) >= 11 is 0. The van der Waals surface area contributed by atoms with E-state index in [1.807, 2.05) is 4.90 Å². The number of carboxylic acids is 1. The summed E-state index contributed by atoms with van der Waals surface area (Å²) in [5, 5.41) is 11.1. The molecule has 1 atom stereocenters. The number of amides is 1. The molecular weight excluding hydrogens is 282 g/mol. The lowest BCUT2D eigenvalue weighted by atomic mass is 10.1. The van der Waals surface area contributed by atoms with E-state index in [9.17, 15) is 18.4 Å². The van der Waals surface area contributed by atoms with Gasteiger partial charge in [0, 0.05) is 24.7 Å². The van der Waals surface area contributed by atoms with Crippen LogP contribution < -0.4 is 5.32 Å². The summed E-state index contributed by atoms with van der Waals surface area (Å²) < 4.78 is 26.0. The SMILES string of the molecule is O=C(O)CC1CCN(CC(=O)Nc2cc(F)cc(F)c2)C1. The molecule has 2 N–H and O–H groups in total. The Labute approximate surface area is 120 Å². The molecular formula is C14H16F2N2O3. The van der Waals surface area contributed by atoms with Gasteiger partial charge in [0.1, 0.15) is 11.6 Å². The Bertz CT molecular complexity index is 531. The highest BCUT2D eigenvalue weighted by atomic mass is 19.1. The van der Waals surface area contributed by atoms with Gasteiger partial charge in [-0.2, -0.15) is 0 Å². The lowest BCUT2D eigenvalue weighted by Gasteiger charge is -2.15. The van der Waals surface area contributed by atoms with Crippen LogP contribution in [0.5, 0.6) is 0 Å². The molecule has 0 saturated carbocycles. The predicted molar refractivity (Wildman–Crippen MR) is 71.8 cm³/mol. The molecule has 1 aromatic carbocycles. The summed E-state index contributed by atoms with van der Waals surface area (Å²) in [5.74, 6) is -2.69. The number of aliphatic carboxylic acids is 1. The first-order chi connectivity index (χ1) is 9.92. The van der Waals surface area contributed by atoms with Crippen molar-refractivity contribution in [3.8, 4) is 0 Å². The monoisotopic (exact) mass is 298 g/mol. The van der Waals surface area contributed by atoms with Crippen LogP contribution in [0.2, 0.25) is 0 Å². The van der Waals surface area contributed by atoms with Crippen molar-refractivity contribution in [2.75, 3.05) is 25.0 Å². The molecule has 21 heavy (non-hydrogen) atoms. The van der Waals surface area contributed by atoms with E-state index >= 15 is 0 Å². The number of nitrogens with one attached hydrogen (secondary N) is 1. The van der Waals surface area contributed by atoms with Crippen molar-refractivity contribution < 1.29 is 23.5 Å². The van der Waals surface area contributed by atoms with E-state index in [1.54, 1.807) is 0 Å². The van der Waals surface area contributed by atoms with Gasteiger partial charge in [0.2, 0.25) is 5.91 Å². The van der Waals surface area contributed by atoms with Crippen molar-refractivity contribution in [2.24, 2.45) is 5.92 Å². The third-order valence-electron chi connectivity index (χ3n) is 3.35. The molecule has 114 valence electrons. The summed E-state index contributed by atoms with van der Waals surface area (Å²) in [6, 6.07) is 2.81. The molecule has 1 fully saturated rings. The maximum atomic E-state index is 13.0. The maximum absolute atomic E-state index is 13.0. The largest absolute Gasteiger partial charge is 0.481 e. The summed E-state index contributed by atoms with van der Waals surface area (Å²) in [5.41, 5.74) is 0.0683. The molecule has 0 bridgehead atoms.